The summed E-state index contributed by atoms with van der Waals surface area (Å²) < 4.78 is 82.1. The molecule has 0 bridgehead atoms. The fourth-order valence-corrected chi connectivity index (χ4v) is 8.51. The fraction of sp³-hybridized carbons (Fsp3) is 0.545. The van der Waals surface area contributed by atoms with Crippen molar-refractivity contribution in [3.05, 3.63) is 69.6 Å². The Morgan fingerprint density at radius 2 is 1.82 bits per heavy atom. The number of hydrogen-bond acceptors (Lipinski definition) is 6. The number of carbonyl (C=O) groups is 2. The lowest BCUT2D eigenvalue weighted by atomic mass is 9.50. The number of halogens is 5. The summed E-state index contributed by atoms with van der Waals surface area (Å²) in [6, 6.07) is 6.99. The lowest BCUT2D eigenvalue weighted by Crippen LogP contribution is -2.65. The Labute approximate surface area is 256 Å². The quantitative estimate of drug-likeness (QED) is 0.325. The van der Waals surface area contributed by atoms with Gasteiger partial charge in [-0.2, -0.15) is 22.0 Å². The van der Waals surface area contributed by atoms with Crippen molar-refractivity contribution in [2.75, 3.05) is 5.32 Å². The summed E-state index contributed by atoms with van der Waals surface area (Å²) in [6.45, 7) is 4.64. The molecule has 1 aromatic carbocycles. The summed E-state index contributed by atoms with van der Waals surface area (Å²) in [5.74, 6) is -6.26. The smallest absolute Gasteiger partial charge is 0.444 e. The Kier molecular flexibility index (Phi) is 7.53. The van der Waals surface area contributed by atoms with E-state index < -0.39 is 47.5 Å². The maximum Gasteiger partial charge on any atom is 0.456 e. The number of benzene rings is 1. The molecule has 2 N–H and O–H groups in total. The number of ether oxygens (including phenoxy) is 1. The third-order valence-corrected chi connectivity index (χ3v) is 10.8. The lowest BCUT2D eigenvalue weighted by molar-refractivity contribution is -0.362. The first-order valence-electron chi connectivity index (χ1n) is 15.2. The van der Waals surface area contributed by atoms with Gasteiger partial charge in [-0.15, -0.1) is 0 Å². The van der Waals surface area contributed by atoms with E-state index in [4.69, 9.17) is 9.26 Å². The predicted octanol–water partition coefficient (Wildman–Crippen LogP) is 7.87. The van der Waals surface area contributed by atoms with Gasteiger partial charge < -0.3 is 14.4 Å². The first-order valence-corrected chi connectivity index (χ1v) is 15.2. The van der Waals surface area contributed by atoms with Crippen LogP contribution in [0.5, 0.6) is 0 Å². The monoisotopic (exact) mass is 634 g/mol. The van der Waals surface area contributed by atoms with E-state index in [1.165, 1.54) is 6.92 Å². The molecule has 2 saturated carbocycles. The first-order chi connectivity index (χ1) is 21.1. The predicted molar refractivity (Wildman–Crippen MR) is 152 cm³/mol. The van der Waals surface area contributed by atoms with Crippen molar-refractivity contribution in [3.63, 3.8) is 0 Å². The second-order valence-corrected chi connectivity index (χ2v) is 13.1. The molecule has 45 heavy (non-hydrogen) atoms. The number of nitrogens with zero attached hydrogens (tertiary/aromatic N) is 1. The maximum atomic E-state index is 15.2. The van der Waals surface area contributed by atoms with Gasteiger partial charge in [0.2, 0.25) is 0 Å². The summed E-state index contributed by atoms with van der Waals surface area (Å²) >= 11 is 0. The van der Waals surface area contributed by atoms with Gasteiger partial charge in [-0.1, -0.05) is 41.9 Å². The minimum absolute atomic E-state index is 0.0211. The Balaban J connectivity index is 1.32. The molecule has 1 aromatic heterocycles. The number of fused-ring (bicyclic) bond motifs is 4. The molecule has 12 heteroatoms. The summed E-state index contributed by atoms with van der Waals surface area (Å²) in [7, 11) is 0. The van der Waals surface area contributed by atoms with Gasteiger partial charge in [-0.25, -0.2) is 4.79 Å². The largest absolute Gasteiger partial charge is 0.456 e. The van der Waals surface area contributed by atoms with E-state index in [0.29, 0.717) is 54.0 Å². The van der Waals surface area contributed by atoms with Gasteiger partial charge in [-0.05, 0) is 92.6 Å². The zero-order chi connectivity index (χ0) is 32.5. The SMILES string of the molecule is Cc1noc(C)c1NC(=O)OCc1ccc([C@H]2C[C@@]3(C)C(CC[C@@]3(O)C(F)(F)C(F)(F)F)C3CCC4=CC(=O)CCC4=C32)cc1. The number of alkyl halides is 5. The second kappa shape index (κ2) is 10.8. The molecule has 0 aliphatic heterocycles. The van der Waals surface area contributed by atoms with Gasteiger partial charge in [0, 0.05) is 17.8 Å². The number of rotatable bonds is 5. The number of hydrogen-bond donors (Lipinski definition) is 2. The normalized spacial score (nSPS) is 29.9. The average molecular weight is 635 g/mol. The molecule has 6 rings (SSSR count). The van der Waals surface area contributed by atoms with Crippen molar-refractivity contribution in [2.24, 2.45) is 17.3 Å². The van der Waals surface area contributed by atoms with E-state index in [2.05, 4.69) is 10.5 Å². The van der Waals surface area contributed by atoms with Gasteiger partial charge in [-0.3, -0.25) is 10.1 Å². The van der Waals surface area contributed by atoms with Gasteiger partial charge in [0.05, 0.1) is 0 Å². The molecule has 0 spiro atoms. The number of anilines is 1. The summed E-state index contributed by atoms with van der Waals surface area (Å²) in [5, 5.41) is 17.8. The number of amides is 1. The number of carbonyl (C=O) groups excluding carboxylic acids is 2. The van der Waals surface area contributed by atoms with Crippen LogP contribution in [0.15, 0.2) is 51.6 Å². The van der Waals surface area contributed by atoms with E-state index in [-0.39, 0.29) is 31.1 Å². The standard InChI is InChI=1S/C33H35F5N2O5/c1-17-28(18(2)45-40-17)39-29(42)44-16-19-4-6-20(7-5-19)25-15-30(3)26(12-13-31(30,43)32(34,35)33(36,37)38)24-10-8-21-14-22(41)9-11-23(21)27(24)25/h4-7,14,24-26,43H,8-13,15-16H2,1-3H3,(H,39,42)/t24?,25-,26?,30+,31+/m1/s1. The highest BCUT2D eigenvalue weighted by Gasteiger charge is 2.79. The molecule has 2 aromatic rings. The van der Waals surface area contributed by atoms with E-state index in [0.717, 1.165) is 16.7 Å². The van der Waals surface area contributed by atoms with Gasteiger partial charge in [0.25, 0.3) is 0 Å². The Morgan fingerprint density at radius 1 is 1.11 bits per heavy atom. The molecule has 7 nitrogen and oxygen atoms in total. The van der Waals surface area contributed by atoms with Crippen molar-refractivity contribution in [3.8, 4) is 0 Å². The fourth-order valence-electron chi connectivity index (χ4n) is 8.51. The van der Waals surface area contributed by atoms with Crippen LogP contribution in [0.1, 0.15) is 80.4 Å². The van der Waals surface area contributed by atoms with Crippen LogP contribution in [0.3, 0.4) is 0 Å². The number of aromatic nitrogens is 1. The Bertz CT molecular complexity index is 1570. The van der Waals surface area contributed by atoms with E-state index in [9.17, 15) is 27.9 Å². The van der Waals surface area contributed by atoms with Crippen LogP contribution < -0.4 is 5.32 Å². The number of ketones is 1. The molecule has 0 radical (unpaired) electrons. The third kappa shape index (κ3) is 4.90. The van der Waals surface area contributed by atoms with Crippen molar-refractivity contribution in [1.82, 2.24) is 5.16 Å². The average Bonchev–Trinajstić information content (AvgIpc) is 3.45. The highest BCUT2D eigenvalue weighted by Crippen LogP contribution is 2.70. The molecule has 1 heterocycles. The zero-order valence-electron chi connectivity index (χ0n) is 25.2. The van der Waals surface area contributed by atoms with Crippen LogP contribution >= 0.6 is 0 Å². The van der Waals surface area contributed by atoms with Crippen molar-refractivity contribution < 1.29 is 45.9 Å². The molecule has 242 valence electrons. The molecule has 5 atom stereocenters. The van der Waals surface area contributed by atoms with Crippen molar-refractivity contribution in [1.29, 1.82) is 0 Å². The molecule has 2 fully saturated rings. The van der Waals surface area contributed by atoms with E-state index in [1.54, 1.807) is 44.2 Å². The first kappa shape index (κ1) is 31.4. The minimum Gasteiger partial charge on any atom is -0.444 e. The molecule has 0 saturated heterocycles. The second-order valence-electron chi connectivity index (χ2n) is 13.1. The number of aliphatic hydroxyl groups is 1. The number of allylic oxidation sites excluding steroid dienone is 4. The van der Waals surface area contributed by atoms with Crippen molar-refractivity contribution >= 4 is 17.6 Å². The van der Waals surface area contributed by atoms with Gasteiger partial charge in [0.15, 0.2) is 11.5 Å². The molecule has 2 unspecified atom stereocenters. The maximum absolute atomic E-state index is 15.2. The van der Waals surface area contributed by atoms with Crippen LogP contribution in [-0.4, -0.2) is 39.8 Å². The van der Waals surface area contributed by atoms with Gasteiger partial charge in [0.1, 0.15) is 23.6 Å². The van der Waals surface area contributed by atoms with Crippen LogP contribution in [0.25, 0.3) is 0 Å². The Hall–Kier alpha value is -3.54. The summed E-state index contributed by atoms with van der Waals surface area (Å²) in [4.78, 5) is 24.6. The summed E-state index contributed by atoms with van der Waals surface area (Å²) in [6.07, 6.45) is -3.83. The van der Waals surface area contributed by atoms with Crippen LogP contribution in [-0.2, 0) is 16.1 Å². The highest BCUT2D eigenvalue weighted by molar-refractivity contribution is 5.93. The molecule has 4 aliphatic rings. The molecular weight excluding hydrogens is 599 g/mol. The molecule has 4 aliphatic carbocycles. The van der Waals surface area contributed by atoms with Gasteiger partial charge >= 0.3 is 18.2 Å². The van der Waals surface area contributed by atoms with E-state index >= 15 is 8.78 Å². The Morgan fingerprint density at radius 3 is 2.47 bits per heavy atom. The van der Waals surface area contributed by atoms with Crippen LogP contribution in [0, 0.1) is 31.1 Å². The number of nitrogens with one attached hydrogen (secondary N) is 1. The van der Waals surface area contributed by atoms with Crippen molar-refractivity contribution in [2.45, 2.75) is 95.9 Å². The highest BCUT2D eigenvalue weighted by atomic mass is 19.4. The molecular formula is C33H35F5N2O5. The zero-order valence-corrected chi connectivity index (χ0v) is 25.2. The lowest BCUT2D eigenvalue weighted by Gasteiger charge is -2.56. The minimum atomic E-state index is -5.90. The molecule has 1 amide bonds. The topological polar surface area (TPSA) is 102 Å². The number of aryl methyl sites for hydroxylation is 2. The van der Waals surface area contributed by atoms with Crippen LogP contribution in [0.2, 0.25) is 0 Å². The van der Waals surface area contributed by atoms with E-state index in [1.807, 2.05) is 0 Å². The summed E-state index contributed by atoms with van der Waals surface area (Å²) in [5.41, 5.74) is 0.156. The third-order valence-electron chi connectivity index (χ3n) is 10.8. The van der Waals surface area contributed by atoms with Crippen LogP contribution in [0.4, 0.5) is 32.4 Å².